The molecule has 1 saturated heterocycles. The summed E-state index contributed by atoms with van der Waals surface area (Å²) in [6, 6.07) is 10.2. The molecule has 7 N–H and O–H groups in total. The molecule has 5 amide bonds. The third-order valence-electron chi connectivity index (χ3n) is 9.80. The number of carbonyl (C=O) groups excluding carboxylic acids is 5. The number of fused-ring (bicyclic) bond motifs is 2. The van der Waals surface area contributed by atoms with Crippen LogP contribution in [-0.2, 0) is 19.2 Å². The first-order valence-electron chi connectivity index (χ1n) is 17.9. The van der Waals surface area contributed by atoms with E-state index in [2.05, 4.69) is 21.3 Å². The first-order chi connectivity index (χ1) is 26.3. The lowest BCUT2D eigenvalue weighted by Gasteiger charge is -2.31. The van der Waals surface area contributed by atoms with Crippen LogP contribution in [0.2, 0.25) is 5.02 Å². The Kier molecular flexibility index (Phi) is 11.8. The molecule has 3 aromatic rings. The van der Waals surface area contributed by atoms with Crippen molar-refractivity contribution in [2.45, 2.75) is 71.2 Å². The van der Waals surface area contributed by atoms with Gasteiger partial charge >= 0.3 is 0 Å². The van der Waals surface area contributed by atoms with Crippen molar-refractivity contribution in [1.29, 1.82) is 10.8 Å². The zero-order chi connectivity index (χ0) is 39.6. The zero-order valence-electron chi connectivity index (χ0n) is 30.5. The van der Waals surface area contributed by atoms with Crippen LogP contribution in [0.5, 0.6) is 0 Å². The highest BCUT2D eigenvalue weighted by molar-refractivity contribution is 7.17. The molecule has 288 valence electrons. The predicted molar refractivity (Wildman–Crippen MR) is 210 cm³/mol. The van der Waals surface area contributed by atoms with Crippen molar-refractivity contribution in [2.75, 3.05) is 29.9 Å². The van der Waals surface area contributed by atoms with E-state index in [0.717, 1.165) is 31.5 Å². The highest BCUT2D eigenvalue weighted by Gasteiger charge is 2.45. The average Bonchev–Trinajstić information content (AvgIpc) is 3.52. The van der Waals surface area contributed by atoms with E-state index in [4.69, 9.17) is 27.4 Å². The van der Waals surface area contributed by atoms with Crippen LogP contribution in [0, 0.1) is 24.7 Å². The number of amides is 5. The number of carbonyl (C=O) groups is 5. The van der Waals surface area contributed by atoms with Gasteiger partial charge in [-0.15, -0.1) is 11.3 Å². The summed E-state index contributed by atoms with van der Waals surface area (Å²) in [5.41, 5.74) is 4.06. The van der Waals surface area contributed by atoms with Gasteiger partial charge in [-0.05, 0) is 63.8 Å². The summed E-state index contributed by atoms with van der Waals surface area (Å²) in [4.78, 5) is 71.8. The number of nitrogens with zero attached hydrogens (tertiary/aromatic N) is 3. The second-order valence-corrected chi connectivity index (χ2v) is 15.2. The van der Waals surface area contributed by atoms with E-state index in [1.165, 1.54) is 11.3 Å². The second-order valence-electron chi connectivity index (χ2n) is 13.6. The molecular formula is C38H42ClN9O6S. The molecule has 3 aliphatic heterocycles. The molecule has 2 unspecified atom stereocenters. The van der Waals surface area contributed by atoms with Gasteiger partial charge in [0.05, 0.1) is 24.2 Å². The smallest absolute Gasteiger partial charge is 0.259 e. The van der Waals surface area contributed by atoms with Crippen molar-refractivity contribution >= 4 is 80.5 Å². The van der Waals surface area contributed by atoms with E-state index in [-0.39, 0.29) is 54.9 Å². The first kappa shape index (κ1) is 39.2. The maximum atomic E-state index is 13.3. The molecule has 15 nitrogen and oxygen atoms in total. The number of hydrogen-bond donors (Lipinski definition) is 7. The number of aliphatic imine (C=N–C) groups is 1. The largest absolute Gasteiger partial charge is 0.376 e. The molecule has 0 bridgehead atoms. The van der Waals surface area contributed by atoms with Crippen LogP contribution < -0.4 is 26.2 Å². The molecule has 0 radical (unpaired) electrons. The first-order valence-corrected chi connectivity index (χ1v) is 19.1. The molecule has 0 saturated carbocycles. The number of amidine groups is 2. The van der Waals surface area contributed by atoms with Crippen LogP contribution in [0.3, 0.4) is 0 Å². The normalized spacial score (nSPS) is 19.3. The minimum atomic E-state index is -1.37. The van der Waals surface area contributed by atoms with Gasteiger partial charge in [0.25, 0.3) is 5.91 Å². The van der Waals surface area contributed by atoms with E-state index < -0.39 is 36.0 Å². The maximum absolute atomic E-state index is 13.3. The Hall–Kier alpha value is -5.45. The number of thiophene rings is 1. The number of aliphatic hydroxyl groups excluding tert-OH is 1. The van der Waals surface area contributed by atoms with Crippen LogP contribution in [-0.4, -0.2) is 88.6 Å². The molecule has 55 heavy (non-hydrogen) atoms. The molecule has 1 fully saturated rings. The quantitative estimate of drug-likeness (QED) is 0.0618. The van der Waals surface area contributed by atoms with Crippen LogP contribution >= 0.6 is 22.9 Å². The van der Waals surface area contributed by atoms with Crippen LogP contribution in [0.15, 0.2) is 47.5 Å². The fourth-order valence-electron chi connectivity index (χ4n) is 6.90. The van der Waals surface area contributed by atoms with Gasteiger partial charge in [-0.3, -0.25) is 54.9 Å². The van der Waals surface area contributed by atoms with Crippen molar-refractivity contribution in [1.82, 2.24) is 20.9 Å². The summed E-state index contributed by atoms with van der Waals surface area (Å²) >= 11 is 7.66. The fourth-order valence-corrected chi connectivity index (χ4v) is 8.25. The van der Waals surface area contributed by atoms with Crippen molar-refractivity contribution in [3.05, 3.63) is 80.2 Å². The molecule has 3 atom stereocenters. The summed E-state index contributed by atoms with van der Waals surface area (Å²) in [6.07, 6.45) is -0.182. The Morgan fingerprint density at radius 2 is 1.73 bits per heavy atom. The van der Waals surface area contributed by atoms with Gasteiger partial charge in [-0.25, -0.2) is 0 Å². The van der Waals surface area contributed by atoms with E-state index in [9.17, 15) is 29.1 Å². The summed E-state index contributed by atoms with van der Waals surface area (Å²) in [5.74, 6) is -2.08. The molecular weight excluding hydrogens is 746 g/mol. The number of aryl methyl sites for hydroxylation is 1. The fraction of sp³-hybridized carbons (Fsp3) is 0.368. The standard InChI is InChI=1S/C38H42ClN9O6S/c1-19-20(2)55-38-31(19)33(22-9-11-23(39)12-10-22)45-26(34(41)47(38)21(3)40)17-29(50)42-15-4-5-16-43-30(51)18-44-25-8-6-7-24-32(25)37(54)48(36(24)53)27-13-14-28(49)46-35(27)52/h6-12,26-27,36,40-41,44,53H,4-5,13-18H2,1-3H3,(H,42,50)(H,43,51)(H,46,49,52)/t26?,27-,36?/m1/s1. The Morgan fingerprint density at radius 3 is 2.40 bits per heavy atom. The minimum Gasteiger partial charge on any atom is -0.376 e. The monoisotopic (exact) mass is 787 g/mol. The molecule has 6 rings (SSSR count). The van der Waals surface area contributed by atoms with Crippen LogP contribution in [0.1, 0.15) is 82.7 Å². The van der Waals surface area contributed by atoms with Crippen molar-refractivity contribution in [3.8, 4) is 0 Å². The third kappa shape index (κ3) is 8.16. The highest BCUT2D eigenvalue weighted by Crippen LogP contribution is 2.41. The number of halogens is 1. The van der Waals surface area contributed by atoms with Crippen LogP contribution in [0.25, 0.3) is 0 Å². The number of nitrogens with one attached hydrogen (secondary N) is 6. The molecule has 0 aliphatic carbocycles. The van der Waals surface area contributed by atoms with Gasteiger partial charge in [0.1, 0.15) is 28.8 Å². The van der Waals surface area contributed by atoms with Gasteiger partial charge in [0.15, 0.2) is 6.23 Å². The van der Waals surface area contributed by atoms with Gasteiger partial charge < -0.3 is 21.1 Å². The average molecular weight is 788 g/mol. The number of unbranched alkanes of at least 4 members (excludes halogenated alkanes) is 1. The maximum Gasteiger partial charge on any atom is 0.259 e. The van der Waals surface area contributed by atoms with E-state index >= 15 is 0 Å². The molecule has 4 heterocycles. The predicted octanol–water partition coefficient (Wildman–Crippen LogP) is 3.79. The molecule has 2 aromatic carbocycles. The lowest BCUT2D eigenvalue weighted by Crippen LogP contribution is -2.53. The van der Waals surface area contributed by atoms with E-state index in [0.29, 0.717) is 47.9 Å². The summed E-state index contributed by atoms with van der Waals surface area (Å²) in [5, 5.41) is 40.6. The van der Waals surface area contributed by atoms with Crippen molar-refractivity contribution < 1.29 is 29.1 Å². The van der Waals surface area contributed by atoms with Crippen molar-refractivity contribution in [3.63, 3.8) is 0 Å². The lowest BCUT2D eigenvalue weighted by molar-refractivity contribution is -0.139. The minimum absolute atomic E-state index is 0.0399. The Labute approximate surface area is 326 Å². The lowest BCUT2D eigenvalue weighted by atomic mass is 9.99. The summed E-state index contributed by atoms with van der Waals surface area (Å²) < 4.78 is 0. The summed E-state index contributed by atoms with van der Waals surface area (Å²) in [7, 11) is 0. The number of rotatable bonds is 12. The SMILES string of the molecule is CC(=N)N1C(=N)C(CC(=O)NCCCCNC(=O)CNc2cccc3c2C(=O)N([C@@H]2CCC(=O)NC2=O)C3O)N=C(c2ccc(Cl)cc2)c2c1sc(C)c2C. The Morgan fingerprint density at radius 1 is 1.04 bits per heavy atom. The number of aliphatic hydroxyl groups is 1. The van der Waals surface area contributed by atoms with Gasteiger partial charge in [0, 0.05) is 51.8 Å². The number of anilines is 2. The van der Waals surface area contributed by atoms with Crippen molar-refractivity contribution in [2.24, 2.45) is 4.99 Å². The van der Waals surface area contributed by atoms with Gasteiger partial charge in [-0.2, -0.15) is 0 Å². The second kappa shape index (κ2) is 16.5. The highest BCUT2D eigenvalue weighted by atomic mass is 35.5. The number of benzene rings is 2. The topological polar surface area (TPSA) is 220 Å². The Balaban J connectivity index is 0.992. The number of hydrogen-bond acceptors (Lipinski definition) is 11. The van der Waals surface area contributed by atoms with E-state index in [1.54, 1.807) is 42.2 Å². The summed E-state index contributed by atoms with van der Waals surface area (Å²) in [6.45, 7) is 6.12. The molecule has 17 heteroatoms. The van der Waals surface area contributed by atoms with E-state index in [1.807, 2.05) is 26.0 Å². The zero-order valence-corrected chi connectivity index (χ0v) is 32.1. The molecule has 1 aromatic heterocycles. The molecule has 0 spiro atoms. The number of piperidine rings is 1. The van der Waals surface area contributed by atoms with Gasteiger partial charge in [-0.1, -0.05) is 35.9 Å². The van der Waals surface area contributed by atoms with Crippen LogP contribution in [0.4, 0.5) is 10.7 Å². The third-order valence-corrected chi connectivity index (χ3v) is 11.2. The number of imide groups is 1. The molecule has 3 aliphatic rings. The Bertz CT molecular complexity index is 2120. The van der Waals surface area contributed by atoms with Gasteiger partial charge in [0.2, 0.25) is 23.6 Å².